The Bertz CT molecular complexity index is 166. The summed E-state index contributed by atoms with van der Waals surface area (Å²) in [5.74, 6) is 0. The number of rotatable bonds is 2. The van der Waals surface area contributed by atoms with Gasteiger partial charge in [-0.2, -0.15) is 0 Å². The van der Waals surface area contributed by atoms with E-state index < -0.39 is 0 Å². The third kappa shape index (κ3) is 2.94. The third-order valence-corrected chi connectivity index (χ3v) is 2.88. The molecule has 0 bridgehead atoms. The highest BCUT2D eigenvalue weighted by molar-refractivity contribution is 4.68. The third-order valence-electron chi connectivity index (χ3n) is 2.88. The Balaban J connectivity index is 1.77. The van der Waals surface area contributed by atoms with Gasteiger partial charge >= 0.3 is 0 Å². The van der Waals surface area contributed by atoms with Crippen LogP contribution in [0.4, 0.5) is 0 Å². The SMILES string of the molecule is CC1COCCC(OC2CCCC2)O1. The lowest BCUT2D eigenvalue weighted by Gasteiger charge is -2.22. The van der Waals surface area contributed by atoms with Crippen LogP contribution in [0.2, 0.25) is 0 Å². The Kier molecular flexibility index (Phi) is 3.79. The summed E-state index contributed by atoms with van der Waals surface area (Å²) >= 11 is 0. The second kappa shape index (κ2) is 5.10. The molecule has 0 amide bonds. The average molecular weight is 200 g/mol. The molecule has 2 unspecified atom stereocenters. The van der Waals surface area contributed by atoms with Crippen LogP contribution >= 0.6 is 0 Å². The molecule has 2 rings (SSSR count). The molecular weight excluding hydrogens is 180 g/mol. The normalized spacial score (nSPS) is 35.8. The Morgan fingerprint density at radius 2 is 1.93 bits per heavy atom. The predicted octanol–water partition coefficient (Wildman–Crippen LogP) is 2.10. The van der Waals surface area contributed by atoms with Crippen LogP contribution in [0.15, 0.2) is 0 Å². The van der Waals surface area contributed by atoms with E-state index in [1.807, 2.05) is 6.92 Å². The maximum absolute atomic E-state index is 5.90. The summed E-state index contributed by atoms with van der Waals surface area (Å²) in [7, 11) is 0. The van der Waals surface area contributed by atoms with E-state index in [1.165, 1.54) is 25.7 Å². The smallest absolute Gasteiger partial charge is 0.160 e. The van der Waals surface area contributed by atoms with Gasteiger partial charge in [-0.25, -0.2) is 0 Å². The van der Waals surface area contributed by atoms with Crippen molar-refractivity contribution in [3.05, 3.63) is 0 Å². The highest BCUT2D eigenvalue weighted by Gasteiger charge is 2.24. The van der Waals surface area contributed by atoms with Crippen LogP contribution in [0.5, 0.6) is 0 Å². The van der Waals surface area contributed by atoms with E-state index in [1.54, 1.807) is 0 Å². The molecule has 0 aromatic carbocycles. The Hall–Kier alpha value is -0.120. The molecule has 1 aliphatic heterocycles. The Labute approximate surface area is 85.7 Å². The summed E-state index contributed by atoms with van der Waals surface area (Å²) in [4.78, 5) is 0. The van der Waals surface area contributed by atoms with Crippen LogP contribution in [0.25, 0.3) is 0 Å². The van der Waals surface area contributed by atoms with Crippen LogP contribution < -0.4 is 0 Å². The van der Waals surface area contributed by atoms with Gasteiger partial charge in [-0.1, -0.05) is 12.8 Å². The van der Waals surface area contributed by atoms with Gasteiger partial charge in [0.1, 0.15) is 0 Å². The molecule has 0 aromatic rings. The van der Waals surface area contributed by atoms with E-state index in [4.69, 9.17) is 14.2 Å². The molecule has 1 saturated heterocycles. The van der Waals surface area contributed by atoms with Crippen LogP contribution in [0.3, 0.4) is 0 Å². The maximum Gasteiger partial charge on any atom is 0.160 e. The maximum atomic E-state index is 5.90. The molecule has 0 aromatic heterocycles. The van der Waals surface area contributed by atoms with E-state index in [-0.39, 0.29) is 12.4 Å². The summed E-state index contributed by atoms with van der Waals surface area (Å²) in [5.41, 5.74) is 0. The zero-order chi connectivity index (χ0) is 9.80. The molecule has 1 saturated carbocycles. The van der Waals surface area contributed by atoms with E-state index in [9.17, 15) is 0 Å². The van der Waals surface area contributed by atoms with Gasteiger partial charge in [-0.3, -0.25) is 0 Å². The predicted molar refractivity (Wildman–Crippen MR) is 53.1 cm³/mol. The van der Waals surface area contributed by atoms with Gasteiger partial charge in [0.15, 0.2) is 6.29 Å². The highest BCUT2D eigenvalue weighted by Crippen LogP contribution is 2.24. The molecule has 14 heavy (non-hydrogen) atoms. The molecule has 0 N–H and O–H groups in total. The van der Waals surface area contributed by atoms with Crippen molar-refractivity contribution in [2.24, 2.45) is 0 Å². The number of hydrogen-bond donors (Lipinski definition) is 0. The van der Waals surface area contributed by atoms with Crippen molar-refractivity contribution >= 4 is 0 Å². The summed E-state index contributed by atoms with van der Waals surface area (Å²) in [6, 6.07) is 0. The Morgan fingerprint density at radius 1 is 1.14 bits per heavy atom. The molecule has 2 aliphatic rings. The minimum atomic E-state index is -0.0319. The summed E-state index contributed by atoms with van der Waals surface area (Å²) in [6.45, 7) is 3.50. The number of hydrogen-bond acceptors (Lipinski definition) is 3. The minimum absolute atomic E-state index is 0.0319. The van der Waals surface area contributed by atoms with E-state index in [2.05, 4.69) is 0 Å². The lowest BCUT2D eigenvalue weighted by atomic mass is 10.3. The molecular formula is C11H20O3. The van der Waals surface area contributed by atoms with E-state index in [0.29, 0.717) is 12.7 Å². The summed E-state index contributed by atoms with van der Waals surface area (Å²) < 4.78 is 17.0. The molecule has 2 fully saturated rings. The summed E-state index contributed by atoms with van der Waals surface area (Å²) in [6.07, 6.45) is 6.47. The fourth-order valence-corrected chi connectivity index (χ4v) is 2.13. The monoisotopic (exact) mass is 200 g/mol. The van der Waals surface area contributed by atoms with Gasteiger partial charge in [0.25, 0.3) is 0 Å². The molecule has 1 aliphatic carbocycles. The molecule has 0 radical (unpaired) electrons. The van der Waals surface area contributed by atoms with Crippen LogP contribution in [0.1, 0.15) is 39.0 Å². The number of ether oxygens (including phenoxy) is 3. The largest absolute Gasteiger partial charge is 0.379 e. The first-order chi connectivity index (χ1) is 6.84. The fraction of sp³-hybridized carbons (Fsp3) is 1.00. The van der Waals surface area contributed by atoms with Crippen LogP contribution in [-0.2, 0) is 14.2 Å². The van der Waals surface area contributed by atoms with Crippen molar-refractivity contribution in [2.45, 2.75) is 57.5 Å². The van der Waals surface area contributed by atoms with Gasteiger partial charge in [0.2, 0.25) is 0 Å². The second-order valence-electron chi connectivity index (χ2n) is 4.28. The van der Waals surface area contributed by atoms with Crippen molar-refractivity contribution in [1.29, 1.82) is 0 Å². The van der Waals surface area contributed by atoms with Gasteiger partial charge < -0.3 is 14.2 Å². The van der Waals surface area contributed by atoms with Gasteiger partial charge in [-0.05, 0) is 19.8 Å². The first kappa shape index (κ1) is 10.4. The molecule has 1 heterocycles. The van der Waals surface area contributed by atoms with E-state index in [0.717, 1.165) is 13.0 Å². The molecule has 3 nitrogen and oxygen atoms in total. The highest BCUT2D eigenvalue weighted by atomic mass is 16.7. The quantitative estimate of drug-likeness (QED) is 0.683. The second-order valence-corrected chi connectivity index (χ2v) is 4.28. The van der Waals surface area contributed by atoms with Gasteiger partial charge in [0.05, 0.1) is 25.4 Å². The molecule has 3 heteroatoms. The zero-order valence-electron chi connectivity index (χ0n) is 8.91. The first-order valence-electron chi connectivity index (χ1n) is 5.73. The minimum Gasteiger partial charge on any atom is -0.379 e. The van der Waals surface area contributed by atoms with Crippen molar-refractivity contribution in [2.75, 3.05) is 13.2 Å². The standard InChI is InChI=1S/C11H20O3/c1-9-8-12-7-6-11(13-9)14-10-4-2-3-5-10/h9-11H,2-8H2,1H3. The molecule has 82 valence electrons. The zero-order valence-corrected chi connectivity index (χ0v) is 8.91. The lowest BCUT2D eigenvalue weighted by molar-refractivity contribution is -0.184. The lowest BCUT2D eigenvalue weighted by Crippen LogP contribution is -2.26. The van der Waals surface area contributed by atoms with Gasteiger partial charge in [0, 0.05) is 6.42 Å². The van der Waals surface area contributed by atoms with Crippen LogP contribution in [-0.4, -0.2) is 31.7 Å². The van der Waals surface area contributed by atoms with Crippen molar-refractivity contribution < 1.29 is 14.2 Å². The summed E-state index contributed by atoms with van der Waals surface area (Å²) in [5, 5.41) is 0. The van der Waals surface area contributed by atoms with Crippen molar-refractivity contribution in [3.8, 4) is 0 Å². The first-order valence-corrected chi connectivity index (χ1v) is 5.73. The van der Waals surface area contributed by atoms with Crippen molar-refractivity contribution in [1.82, 2.24) is 0 Å². The van der Waals surface area contributed by atoms with E-state index >= 15 is 0 Å². The molecule has 2 atom stereocenters. The van der Waals surface area contributed by atoms with Crippen LogP contribution in [0, 0.1) is 0 Å². The Morgan fingerprint density at radius 3 is 2.71 bits per heavy atom. The average Bonchev–Trinajstić information content (AvgIpc) is 2.56. The topological polar surface area (TPSA) is 27.7 Å². The fourth-order valence-electron chi connectivity index (χ4n) is 2.13. The van der Waals surface area contributed by atoms with Gasteiger partial charge in [-0.15, -0.1) is 0 Å². The molecule has 0 spiro atoms. The van der Waals surface area contributed by atoms with Crippen molar-refractivity contribution in [3.63, 3.8) is 0 Å².